The Labute approximate surface area is 146 Å². The number of rotatable bonds is 15. The summed E-state index contributed by atoms with van der Waals surface area (Å²) in [6.07, 6.45) is 23.2. The Morgan fingerprint density at radius 1 is 0.696 bits per heavy atom. The van der Waals surface area contributed by atoms with Crippen molar-refractivity contribution >= 4 is 0 Å². The van der Waals surface area contributed by atoms with Gasteiger partial charge in [-0.25, -0.2) is 0 Å². The van der Waals surface area contributed by atoms with Crippen LogP contribution in [0.1, 0.15) is 116 Å². The minimum Gasteiger partial charge on any atom is -0.634 e. The zero-order valence-electron chi connectivity index (χ0n) is 15.9. The molecular weight excluding hydrogens is 282 g/mol. The molecule has 23 heavy (non-hydrogen) atoms. The Morgan fingerprint density at radius 2 is 1.17 bits per heavy atom. The molecular formula is C21H43NO. The molecule has 0 aromatic rings. The zero-order chi connectivity index (χ0) is 16.6. The molecule has 1 aliphatic rings. The molecule has 1 fully saturated rings. The molecule has 1 saturated carbocycles. The maximum absolute atomic E-state index is 12.0. The van der Waals surface area contributed by atoms with Crippen LogP contribution < -0.4 is 5.06 Å². The third-order valence-electron chi connectivity index (χ3n) is 5.55. The first kappa shape index (κ1) is 21.0. The lowest BCUT2D eigenvalue weighted by molar-refractivity contribution is -0.852. The van der Waals surface area contributed by atoms with Gasteiger partial charge >= 0.3 is 0 Å². The Balaban J connectivity index is 1.77. The summed E-state index contributed by atoms with van der Waals surface area (Å²) >= 11 is 0. The number of nitrogens with one attached hydrogen (secondary N) is 1. The van der Waals surface area contributed by atoms with Gasteiger partial charge in [0.15, 0.2) is 0 Å². The standard InChI is InChI=1S/C21H43NO/c1-2-3-4-5-6-7-8-9-10-11-12-16-19-22(23)20-21-17-14-13-15-18-21/h21-22H,2-20H2,1H3. The molecule has 1 rings (SSSR count). The van der Waals surface area contributed by atoms with Crippen LogP contribution in [0.3, 0.4) is 0 Å². The van der Waals surface area contributed by atoms with Gasteiger partial charge in [-0.05, 0) is 25.7 Å². The molecule has 138 valence electrons. The lowest BCUT2D eigenvalue weighted by Gasteiger charge is -2.29. The summed E-state index contributed by atoms with van der Waals surface area (Å²) in [5, 5.41) is 12.5. The van der Waals surface area contributed by atoms with Crippen molar-refractivity contribution in [2.24, 2.45) is 5.92 Å². The fourth-order valence-electron chi connectivity index (χ4n) is 3.98. The molecule has 1 unspecified atom stereocenters. The molecule has 0 saturated heterocycles. The molecule has 1 atom stereocenters. The van der Waals surface area contributed by atoms with E-state index in [4.69, 9.17) is 0 Å². The largest absolute Gasteiger partial charge is 0.634 e. The third-order valence-corrected chi connectivity index (χ3v) is 5.55. The second-order valence-electron chi connectivity index (χ2n) is 7.89. The lowest BCUT2D eigenvalue weighted by atomic mass is 9.89. The van der Waals surface area contributed by atoms with E-state index in [1.807, 2.05) is 0 Å². The van der Waals surface area contributed by atoms with Crippen molar-refractivity contribution in [1.82, 2.24) is 0 Å². The topological polar surface area (TPSA) is 27.5 Å². The summed E-state index contributed by atoms with van der Waals surface area (Å²) in [5.41, 5.74) is 0. The van der Waals surface area contributed by atoms with Crippen molar-refractivity contribution in [2.75, 3.05) is 13.1 Å². The van der Waals surface area contributed by atoms with Gasteiger partial charge in [-0.2, -0.15) is 0 Å². The molecule has 1 aliphatic carbocycles. The summed E-state index contributed by atoms with van der Waals surface area (Å²) < 4.78 is 0. The van der Waals surface area contributed by atoms with Gasteiger partial charge in [0.05, 0.1) is 13.1 Å². The molecule has 0 radical (unpaired) electrons. The monoisotopic (exact) mass is 325 g/mol. The van der Waals surface area contributed by atoms with Crippen LogP contribution in [0.15, 0.2) is 0 Å². The van der Waals surface area contributed by atoms with E-state index in [0.29, 0.717) is 5.06 Å². The van der Waals surface area contributed by atoms with Crippen LogP contribution in [-0.4, -0.2) is 13.1 Å². The van der Waals surface area contributed by atoms with Crippen molar-refractivity contribution in [3.05, 3.63) is 5.21 Å². The average molecular weight is 326 g/mol. The summed E-state index contributed by atoms with van der Waals surface area (Å²) in [6.45, 7) is 4.02. The number of hydrogen-bond donors (Lipinski definition) is 1. The highest BCUT2D eigenvalue weighted by Crippen LogP contribution is 2.22. The number of hydroxylamine groups is 2. The van der Waals surface area contributed by atoms with Gasteiger partial charge in [-0.3, -0.25) is 0 Å². The van der Waals surface area contributed by atoms with Gasteiger partial charge in [0.25, 0.3) is 0 Å². The van der Waals surface area contributed by atoms with E-state index in [0.717, 1.165) is 25.4 Å². The Morgan fingerprint density at radius 3 is 1.70 bits per heavy atom. The molecule has 0 spiro atoms. The van der Waals surface area contributed by atoms with E-state index < -0.39 is 0 Å². The number of quaternary nitrogens is 1. The molecule has 0 bridgehead atoms. The highest BCUT2D eigenvalue weighted by molar-refractivity contribution is 4.64. The highest BCUT2D eigenvalue weighted by atomic mass is 16.5. The Kier molecular flexibility index (Phi) is 14.1. The van der Waals surface area contributed by atoms with Crippen LogP contribution in [0.2, 0.25) is 0 Å². The van der Waals surface area contributed by atoms with Crippen LogP contribution in [-0.2, 0) is 0 Å². The number of unbranched alkanes of at least 4 members (excludes halogenated alkanes) is 11. The van der Waals surface area contributed by atoms with Crippen molar-refractivity contribution in [1.29, 1.82) is 0 Å². The third kappa shape index (κ3) is 12.9. The van der Waals surface area contributed by atoms with Crippen molar-refractivity contribution in [3.63, 3.8) is 0 Å². The van der Waals surface area contributed by atoms with Gasteiger partial charge in [-0.15, -0.1) is 0 Å². The van der Waals surface area contributed by atoms with Gasteiger partial charge < -0.3 is 10.3 Å². The van der Waals surface area contributed by atoms with Crippen LogP contribution in [0.25, 0.3) is 0 Å². The average Bonchev–Trinajstić information content (AvgIpc) is 2.57. The van der Waals surface area contributed by atoms with Crippen molar-refractivity contribution in [2.45, 2.75) is 116 Å². The summed E-state index contributed by atoms with van der Waals surface area (Å²) in [5.74, 6) is 0.730. The van der Waals surface area contributed by atoms with Crippen molar-refractivity contribution < 1.29 is 5.06 Å². The normalized spacial score (nSPS) is 17.5. The van der Waals surface area contributed by atoms with Gasteiger partial charge in [0.1, 0.15) is 0 Å². The van der Waals surface area contributed by atoms with Crippen LogP contribution in [0.5, 0.6) is 0 Å². The first-order valence-electron chi connectivity index (χ1n) is 10.8. The highest BCUT2D eigenvalue weighted by Gasteiger charge is 2.15. The zero-order valence-corrected chi connectivity index (χ0v) is 15.9. The molecule has 0 aliphatic heterocycles. The van der Waals surface area contributed by atoms with E-state index in [2.05, 4.69) is 6.92 Å². The predicted molar refractivity (Wildman–Crippen MR) is 102 cm³/mol. The van der Waals surface area contributed by atoms with Crippen LogP contribution in [0.4, 0.5) is 0 Å². The second-order valence-corrected chi connectivity index (χ2v) is 7.89. The van der Waals surface area contributed by atoms with E-state index in [1.165, 1.54) is 103 Å². The fourth-order valence-corrected chi connectivity index (χ4v) is 3.98. The van der Waals surface area contributed by atoms with E-state index in [1.54, 1.807) is 0 Å². The van der Waals surface area contributed by atoms with Gasteiger partial charge in [0.2, 0.25) is 0 Å². The lowest BCUT2D eigenvalue weighted by Crippen LogP contribution is -3.08. The van der Waals surface area contributed by atoms with E-state index in [-0.39, 0.29) is 0 Å². The van der Waals surface area contributed by atoms with E-state index in [9.17, 15) is 5.21 Å². The predicted octanol–water partition coefficient (Wildman–Crippen LogP) is 5.65. The first-order valence-corrected chi connectivity index (χ1v) is 10.8. The van der Waals surface area contributed by atoms with E-state index >= 15 is 0 Å². The van der Waals surface area contributed by atoms with Crippen LogP contribution in [0, 0.1) is 11.1 Å². The smallest absolute Gasteiger partial charge is 0.0796 e. The van der Waals surface area contributed by atoms with Crippen LogP contribution >= 0.6 is 0 Å². The second kappa shape index (κ2) is 15.4. The maximum atomic E-state index is 12.0. The molecule has 0 heterocycles. The summed E-state index contributed by atoms with van der Waals surface area (Å²) in [4.78, 5) is 0. The quantitative estimate of drug-likeness (QED) is 0.306. The van der Waals surface area contributed by atoms with Gasteiger partial charge in [0, 0.05) is 5.92 Å². The Hall–Kier alpha value is -0.0800. The molecule has 0 aromatic carbocycles. The summed E-state index contributed by atoms with van der Waals surface area (Å²) in [7, 11) is 0. The summed E-state index contributed by atoms with van der Waals surface area (Å²) in [6, 6.07) is 0. The first-order chi connectivity index (χ1) is 11.3. The Bertz CT molecular complexity index is 238. The SMILES string of the molecule is CCCCCCCCCCCCCC[NH+]([O-])CC1CCCCC1. The molecule has 2 heteroatoms. The minimum atomic E-state index is 0.545. The fraction of sp³-hybridized carbons (Fsp3) is 1.00. The van der Waals surface area contributed by atoms with Gasteiger partial charge in [-0.1, -0.05) is 90.4 Å². The molecule has 1 N–H and O–H groups in total. The van der Waals surface area contributed by atoms with Crippen molar-refractivity contribution in [3.8, 4) is 0 Å². The molecule has 2 nitrogen and oxygen atoms in total. The number of hydrogen-bond acceptors (Lipinski definition) is 1. The maximum Gasteiger partial charge on any atom is 0.0796 e. The minimum absolute atomic E-state index is 0.545. The molecule has 0 aromatic heterocycles. The molecule has 0 amide bonds.